The molecule has 3 aromatic carbocycles. The number of amides is 3. The predicted molar refractivity (Wildman–Crippen MR) is 166 cm³/mol. The molecule has 4 aromatic rings. The molecule has 0 aliphatic rings. The van der Waals surface area contributed by atoms with Crippen LogP contribution in [0.5, 0.6) is 5.75 Å². The molecule has 3 N–H and O–H groups in total. The van der Waals surface area contributed by atoms with Crippen LogP contribution < -0.4 is 20.7 Å². The van der Waals surface area contributed by atoms with Crippen LogP contribution in [-0.4, -0.2) is 45.7 Å². The van der Waals surface area contributed by atoms with Crippen molar-refractivity contribution in [2.24, 2.45) is 0 Å². The summed E-state index contributed by atoms with van der Waals surface area (Å²) >= 11 is 4.03. The summed E-state index contributed by atoms with van der Waals surface area (Å²) in [6.45, 7) is 2.01. The van der Waals surface area contributed by atoms with E-state index in [2.05, 4.69) is 25.3 Å². The van der Waals surface area contributed by atoms with Crippen molar-refractivity contribution < 1.29 is 19.1 Å². The molecule has 3 amide bonds. The Hall–Kier alpha value is -4.13. The van der Waals surface area contributed by atoms with E-state index in [1.807, 2.05) is 25.1 Å². The molecule has 9 nitrogen and oxygen atoms in total. The van der Waals surface area contributed by atoms with Crippen molar-refractivity contribution in [3.63, 3.8) is 0 Å². The van der Waals surface area contributed by atoms with Crippen molar-refractivity contribution in [3.05, 3.63) is 95.7 Å². The third-order valence-corrected chi connectivity index (χ3v) is 7.83. The van der Waals surface area contributed by atoms with Gasteiger partial charge in [-0.15, -0.1) is 11.8 Å². The SMILES string of the molecule is CCSc1nsc(NC(=O)CSc2ccc(NC(=O)/C(=C/c3cccc(OC)c3)NC(=O)c3ccccc3)cc2)n1. The Morgan fingerprint density at radius 2 is 1.73 bits per heavy atom. The smallest absolute Gasteiger partial charge is 0.272 e. The molecule has 0 saturated heterocycles. The molecule has 0 aliphatic heterocycles. The van der Waals surface area contributed by atoms with Crippen molar-refractivity contribution >= 4 is 69.7 Å². The fourth-order valence-corrected chi connectivity index (χ4v) is 5.41. The van der Waals surface area contributed by atoms with Crippen LogP contribution >= 0.6 is 35.1 Å². The van der Waals surface area contributed by atoms with Crippen LogP contribution in [0.25, 0.3) is 6.08 Å². The summed E-state index contributed by atoms with van der Waals surface area (Å²) in [6.07, 6.45) is 1.59. The van der Waals surface area contributed by atoms with Gasteiger partial charge >= 0.3 is 0 Å². The molecule has 12 heteroatoms. The fourth-order valence-electron chi connectivity index (χ4n) is 3.43. The maximum absolute atomic E-state index is 13.3. The first-order valence-corrected chi connectivity index (χ1v) is 15.2. The van der Waals surface area contributed by atoms with Gasteiger partial charge in [0.2, 0.25) is 16.2 Å². The van der Waals surface area contributed by atoms with Crippen LogP contribution in [-0.2, 0) is 9.59 Å². The maximum Gasteiger partial charge on any atom is 0.272 e. The van der Waals surface area contributed by atoms with Gasteiger partial charge in [-0.05, 0) is 65.9 Å². The zero-order chi connectivity index (χ0) is 29.0. The summed E-state index contributed by atoms with van der Waals surface area (Å²) in [7, 11) is 1.56. The van der Waals surface area contributed by atoms with Crippen molar-refractivity contribution in [2.75, 3.05) is 29.2 Å². The molecule has 41 heavy (non-hydrogen) atoms. The topological polar surface area (TPSA) is 122 Å². The summed E-state index contributed by atoms with van der Waals surface area (Å²) in [5, 5.41) is 9.44. The van der Waals surface area contributed by atoms with Crippen molar-refractivity contribution in [2.45, 2.75) is 17.0 Å². The van der Waals surface area contributed by atoms with Crippen LogP contribution in [0.2, 0.25) is 0 Å². The molecular weight excluding hydrogens is 579 g/mol. The largest absolute Gasteiger partial charge is 0.497 e. The first kappa shape index (κ1) is 29.8. The minimum Gasteiger partial charge on any atom is -0.497 e. The van der Waals surface area contributed by atoms with Crippen LogP contribution in [0.3, 0.4) is 0 Å². The second-order valence-electron chi connectivity index (χ2n) is 8.29. The second-order valence-corrected chi connectivity index (χ2v) is 11.3. The summed E-state index contributed by atoms with van der Waals surface area (Å²) in [5.41, 5.74) is 1.71. The number of benzene rings is 3. The monoisotopic (exact) mass is 605 g/mol. The minimum absolute atomic E-state index is 0.0689. The average Bonchev–Trinajstić information content (AvgIpc) is 3.43. The first-order valence-electron chi connectivity index (χ1n) is 12.5. The molecule has 0 saturated carbocycles. The number of methoxy groups -OCH3 is 1. The standard InChI is InChI=1S/C29H27N5O4S3/c1-3-39-29-33-28(41-34-29)32-25(35)18-40-23-14-12-21(13-15-23)30-27(37)24(17-19-8-7-11-22(16-19)38-2)31-26(36)20-9-5-4-6-10-20/h4-17H,3,18H2,1-2H3,(H,30,37)(H,31,36)(H,32,33,34,35)/b24-17-. The van der Waals surface area contributed by atoms with Crippen LogP contribution in [0.4, 0.5) is 10.8 Å². The minimum atomic E-state index is -0.491. The Labute approximate surface area is 250 Å². The lowest BCUT2D eigenvalue weighted by molar-refractivity contribution is -0.114. The average molecular weight is 606 g/mol. The Bertz CT molecular complexity index is 1520. The number of ether oxygens (including phenoxy) is 1. The molecule has 1 heterocycles. The zero-order valence-corrected chi connectivity index (χ0v) is 24.7. The number of anilines is 2. The molecule has 0 unspecified atom stereocenters. The van der Waals surface area contributed by atoms with Crippen molar-refractivity contribution in [1.29, 1.82) is 0 Å². The lowest BCUT2D eigenvalue weighted by Gasteiger charge is -2.12. The van der Waals surface area contributed by atoms with Crippen molar-refractivity contribution in [3.8, 4) is 5.75 Å². The van der Waals surface area contributed by atoms with Gasteiger partial charge in [0, 0.05) is 27.7 Å². The number of thioether (sulfide) groups is 2. The quantitative estimate of drug-likeness (QED) is 0.137. The summed E-state index contributed by atoms with van der Waals surface area (Å²) in [5.74, 6) is 0.596. The van der Waals surface area contributed by atoms with Gasteiger partial charge in [0.25, 0.3) is 11.8 Å². The highest BCUT2D eigenvalue weighted by Gasteiger charge is 2.16. The van der Waals surface area contributed by atoms with E-state index in [1.54, 1.807) is 73.8 Å². The Kier molecular flexibility index (Phi) is 10.9. The van der Waals surface area contributed by atoms with E-state index < -0.39 is 11.8 Å². The predicted octanol–water partition coefficient (Wildman–Crippen LogP) is 5.80. The van der Waals surface area contributed by atoms with E-state index >= 15 is 0 Å². The molecule has 0 fully saturated rings. The van der Waals surface area contributed by atoms with Gasteiger partial charge in [0.1, 0.15) is 11.4 Å². The molecule has 0 bridgehead atoms. The van der Waals surface area contributed by atoms with Gasteiger partial charge in [-0.3, -0.25) is 19.7 Å². The molecule has 0 radical (unpaired) electrons. The lowest BCUT2D eigenvalue weighted by Crippen LogP contribution is -2.30. The molecule has 0 atom stereocenters. The number of carbonyl (C=O) groups excluding carboxylic acids is 3. The summed E-state index contributed by atoms with van der Waals surface area (Å²) in [4.78, 5) is 43.5. The van der Waals surface area contributed by atoms with Gasteiger partial charge in [-0.1, -0.05) is 49.0 Å². The van der Waals surface area contributed by atoms with Gasteiger partial charge in [0.05, 0.1) is 12.9 Å². The van der Waals surface area contributed by atoms with Crippen molar-refractivity contribution in [1.82, 2.24) is 14.7 Å². The number of nitrogens with zero attached hydrogens (tertiary/aromatic N) is 2. The number of hydrogen-bond acceptors (Lipinski definition) is 9. The van der Waals surface area contributed by atoms with Gasteiger partial charge in [0.15, 0.2) is 0 Å². The van der Waals surface area contributed by atoms with E-state index in [0.717, 1.165) is 22.2 Å². The van der Waals surface area contributed by atoms with E-state index in [1.165, 1.54) is 23.5 Å². The lowest BCUT2D eigenvalue weighted by atomic mass is 10.1. The van der Waals surface area contributed by atoms with E-state index in [0.29, 0.717) is 32.9 Å². The molecular formula is C29H27N5O4S3. The highest BCUT2D eigenvalue weighted by molar-refractivity contribution is 8.00. The van der Waals surface area contributed by atoms with E-state index in [-0.39, 0.29) is 17.4 Å². The number of nitrogens with one attached hydrogen (secondary N) is 3. The number of carbonyl (C=O) groups is 3. The molecule has 0 spiro atoms. The van der Waals surface area contributed by atoms with E-state index in [4.69, 9.17) is 4.74 Å². The van der Waals surface area contributed by atoms with Gasteiger partial charge < -0.3 is 15.4 Å². The third kappa shape index (κ3) is 9.20. The summed E-state index contributed by atoms with van der Waals surface area (Å²) in [6, 6.07) is 22.9. The number of hydrogen-bond donors (Lipinski definition) is 3. The Balaban J connectivity index is 1.39. The number of aromatic nitrogens is 2. The highest BCUT2D eigenvalue weighted by atomic mass is 32.2. The second kappa shape index (κ2) is 15.0. The normalized spacial score (nSPS) is 11.0. The first-order chi connectivity index (χ1) is 19.9. The van der Waals surface area contributed by atoms with Crippen LogP contribution in [0.15, 0.2) is 94.6 Å². The summed E-state index contributed by atoms with van der Waals surface area (Å²) < 4.78 is 9.47. The van der Waals surface area contributed by atoms with Gasteiger partial charge in [-0.25, -0.2) is 0 Å². The Morgan fingerprint density at radius 1 is 0.951 bits per heavy atom. The molecule has 1 aromatic heterocycles. The van der Waals surface area contributed by atoms with Crippen LogP contribution in [0, 0.1) is 0 Å². The number of rotatable bonds is 12. The third-order valence-electron chi connectivity index (χ3n) is 5.34. The highest BCUT2D eigenvalue weighted by Crippen LogP contribution is 2.23. The Morgan fingerprint density at radius 3 is 2.46 bits per heavy atom. The maximum atomic E-state index is 13.3. The van der Waals surface area contributed by atoms with Gasteiger partial charge in [-0.2, -0.15) is 9.36 Å². The fraction of sp³-hybridized carbons (Fsp3) is 0.138. The van der Waals surface area contributed by atoms with Crippen LogP contribution in [0.1, 0.15) is 22.8 Å². The molecule has 4 rings (SSSR count). The molecule has 210 valence electrons. The molecule has 0 aliphatic carbocycles. The zero-order valence-electron chi connectivity index (χ0n) is 22.2. The van der Waals surface area contributed by atoms with E-state index in [9.17, 15) is 14.4 Å².